The summed E-state index contributed by atoms with van der Waals surface area (Å²) in [6, 6.07) is 17.2. The minimum absolute atomic E-state index is 0.0617. The maximum atomic E-state index is 13.2. The van der Waals surface area contributed by atoms with Crippen molar-refractivity contribution in [3.8, 4) is 5.75 Å². The number of amides is 1. The molecule has 1 saturated heterocycles. The fourth-order valence-corrected chi connectivity index (χ4v) is 4.37. The number of Topliss-reactive ketones (excluding diaryl/α,β-unsaturated/α-hetero) is 1. The Kier molecular flexibility index (Phi) is 7.43. The molecule has 1 fully saturated rings. The third-order valence-electron chi connectivity index (χ3n) is 5.67. The average Bonchev–Trinajstić information content (AvgIpc) is 3.10. The zero-order chi connectivity index (χ0) is 24.1. The number of aromatic nitrogens is 1. The van der Waals surface area contributed by atoms with Gasteiger partial charge in [-0.15, -0.1) is 0 Å². The maximum absolute atomic E-state index is 13.2. The number of carbonyl (C=O) groups is 2. The van der Waals surface area contributed by atoms with E-state index in [2.05, 4.69) is 27.8 Å². The van der Waals surface area contributed by atoms with Crippen molar-refractivity contribution in [2.45, 2.75) is 32.4 Å². The van der Waals surface area contributed by atoms with Crippen molar-refractivity contribution >= 4 is 33.4 Å². The molecular weight excluding hydrogens is 496 g/mol. The van der Waals surface area contributed by atoms with Crippen LogP contribution in [0.3, 0.4) is 0 Å². The molecule has 4 rings (SSSR count). The molecule has 34 heavy (non-hydrogen) atoms. The second-order valence-electron chi connectivity index (χ2n) is 8.07. The summed E-state index contributed by atoms with van der Waals surface area (Å²) in [6.07, 6.45) is 5.30. The zero-order valence-corrected chi connectivity index (χ0v) is 20.4. The van der Waals surface area contributed by atoms with Crippen LogP contribution in [0.25, 0.3) is 5.76 Å². The summed E-state index contributed by atoms with van der Waals surface area (Å²) in [5, 5.41) is 11.2. The van der Waals surface area contributed by atoms with Crippen LogP contribution < -0.4 is 4.74 Å². The standard InChI is InChI=1S/C27H25BrN2O4/c1-2-3-14-34-22-11-9-19(10-12-22)25(31)23-24(20-7-4-8-21(28)15-20)30(27(33)26(23)32)17-18-6-5-13-29-16-18/h4-13,15-16,24,31H,2-3,14,17H2,1H3/b25-23+. The summed E-state index contributed by atoms with van der Waals surface area (Å²) in [6.45, 7) is 2.90. The number of aliphatic hydroxyl groups is 1. The van der Waals surface area contributed by atoms with Crippen molar-refractivity contribution in [2.24, 2.45) is 0 Å². The van der Waals surface area contributed by atoms with Gasteiger partial charge in [0, 0.05) is 29.0 Å². The maximum Gasteiger partial charge on any atom is 0.295 e. The predicted octanol–water partition coefficient (Wildman–Crippen LogP) is 5.64. The first kappa shape index (κ1) is 23.7. The third kappa shape index (κ3) is 5.04. The number of hydrogen-bond acceptors (Lipinski definition) is 5. The molecule has 0 bridgehead atoms. The fraction of sp³-hybridized carbons (Fsp3) is 0.222. The molecule has 7 heteroatoms. The van der Waals surface area contributed by atoms with Crippen LogP contribution >= 0.6 is 15.9 Å². The minimum Gasteiger partial charge on any atom is -0.507 e. The first-order valence-corrected chi connectivity index (χ1v) is 11.9. The van der Waals surface area contributed by atoms with Crippen LogP contribution in [-0.2, 0) is 16.1 Å². The second kappa shape index (κ2) is 10.7. The number of rotatable bonds is 8. The summed E-state index contributed by atoms with van der Waals surface area (Å²) >= 11 is 3.47. The van der Waals surface area contributed by atoms with Crippen LogP contribution in [0.4, 0.5) is 0 Å². The van der Waals surface area contributed by atoms with Gasteiger partial charge in [0.05, 0.1) is 18.2 Å². The molecule has 0 radical (unpaired) electrons. The lowest BCUT2D eigenvalue weighted by molar-refractivity contribution is -0.140. The molecule has 3 aromatic rings. The molecule has 1 aliphatic heterocycles. The van der Waals surface area contributed by atoms with E-state index in [0.717, 1.165) is 28.4 Å². The van der Waals surface area contributed by atoms with Gasteiger partial charge in [-0.3, -0.25) is 14.6 Å². The first-order valence-electron chi connectivity index (χ1n) is 11.2. The number of ketones is 1. The minimum atomic E-state index is -0.738. The Morgan fingerprint density at radius 3 is 2.59 bits per heavy atom. The molecule has 6 nitrogen and oxygen atoms in total. The topological polar surface area (TPSA) is 79.7 Å². The van der Waals surface area contributed by atoms with E-state index < -0.39 is 17.7 Å². The molecule has 1 aliphatic rings. The van der Waals surface area contributed by atoms with Crippen molar-refractivity contribution in [2.75, 3.05) is 6.61 Å². The summed E-state index contributed by atoms with van der Waals surface area (Å²) in [4.78, 5) is 31.9. The molecule has 2 heterocycles. The molecular formula is C27H25BrN2O4. The van der Waals surface area contributed by atoms with E-state index in [1.807, 2.05) is 30.3 Å². The van der Waals surface area contributed by atoms with Crippen LogP contribution in [0.2, 0.25) is 0 Å². The number of halogens is 1. The predicted molar refractivity (Wildman–Crippen MR) is 133 cm³/mol. The van der Waals surface area contributed by atoms with Gasteiger partial charge in [0.25, 0.3) is 11.7 Å². The van der Waals surface area contributed by atoms with E-state index in [-0.39, 0.29) is 17.9 Å². The third-order valence-corrected chi connectivity index (χ3v) is 6.17. The van der Waals surface area contributed by atoms with Gasteiger partial charge in [0.15, 0.2) is 0 Å². The van der Waals surface area contributed by atoms with E-state index in [1.54, 1.807) is 42.7 Å². The lowest BCUT2D eigenvalue weighted by Crippen LogP contribution is -2.29. The van der Waals surface area contributed by atoms with E-state index in [0.29, 0.717) is 17.9 Å². The highest BCUT2D eigenvalue weighted by atomic mass is 79.9. The summed E-state index contributed by atoms with van der Waals surface area (Å²) in [5.74, 6) is -0.896. The number of nitrogens with zero attached hydrogens (tertiary/aromatic N) is 2. The van der Waals surface area contributed by atoms with Gasteiger partial charge in [-0.2, -0.15) is 0 Å². The average molecular weight is 521 g/mol. The Labute approximate surface area is 207 Å². The number of hydrogen-bond donors (Lipinski definition) is 1. The summed E-state index contributed by atoms with van der Waals surface area (Å²) in [5.41, 5.74) is 2.02. The van der Waals surface area contributed by atoms with Gasteiger partial charge in [0.1, 0.15) is 11.5 Å². The molecule has 1 aromatic heterocycles. The van der Waals surface area contributed by atoms with Crippen LogP contribution in [0.15, 0.2) is 83.1 Å². The van der Waals surface area contributed by atoms with Gasteiger partial charge >= 0.3 is 0 Å². The smallest absolute Gasteiger partial charge is 0.295 e. The Morgan fingerprint density at radius 2 is 1.91 bits per heavy atom. The van der Waals surface area contributed by atoms with Crippen molar-refractivity contribution < 1.29 is 19.4 Å². The molecule has 1 N–H and O–H groups in total. The van der Waals surface area contributed by atoms with E-state index in [1.165, 1.54) is 4.90 Å². The van der Waals surface area contributed by atoms with Gasteiger partial charge in [-0.1, -0.05) is 47.5 Å². The monoisotopic (exact) mass is 520 g/mol. The molecule has 0 saturated carbocycles. The van der Waals surface area contributed by atoms with Crippen LogP contribution in [-0.4, -0.2) is 33.3 Å². The fourth-order valence-electron chi connectivity index (χ4n) is 3.95. The number of carbonyl (C=O) groups excluding carboxylic acids is 2. The van der Waals surface area contributed by atoms with E-state index in [9.17, 15) is 14.7 Å². The van der Waals surface area contributed by atoms with Gasteiger partial charge < -0.3 is 14.7 Å². The molecule has 2 aromatic carbocycles. The molecule has 1 atom stereocenters. The number of pyridine rings is 1. The normalized spacial score (nSPS) is 17.2. The van der Waals surface area contributed by atoms with Crippen LogP contribution in [0.1, 0.15) is 42.5 Å². The molecule has 0 spiro atoms. The molecule has 1 amide bonds. The van der Waals surface area contributed by atoms with Gasteiger partial charge in [-0.25, -0.2) is 0 Å². The Hall–Kier alpha value is -3.45. The van der Waals surface area contributed by atoms with Crippen molar-refractivity contribution in [1.29, 1.82) is 0 Å². The lowest BCUT2D eigenvalue weighted by atomic mass is 9.95. The van der Waals surface area contributed by atoms with Crippen molar-refractivity contribution in [1.82, 2.24) is 9.88 Å². The number of unbranched alkanes of at least 4 members (excludes halogenated alkanes) is 1. The quantitative estimate of drug-likeness (QED) is 0.180. The Morgan fingerprint density at radius 1 is 1.12 bits per heavy atom. The van der Waals surface area contributed by atoms with Gasteiger partial charge in [-0.05, 0) is 60.0 Å². The van der Waals surface area contributed by atoms with Crippen molar-refractivity contribution in [3.63, 3.8) is 0 Å². The Balaban J connectivity index is 1.75. The highest BCUT2D eigenvalue weighted by molar-refractivity contribution is 9.10. The molecule has 174 valence electrons. The number of benzene rings is 2. The van der Waals surface area contributed by atoms with E-state index in [4.69, 9.17) is 4.74 Å². The number of likely N-dealkylation sites (tertiary alicyclic amines) is 1. The van der Waals surface area contributed by atoms with Crippen LogP contribution in [0.5, 0.6) is 5.75 Å². The largest absolute Gasteiger partial charge is 0.507 e. The van der Waals surface area contributed by atoms with Crippen LogP contribution in [0, 0.1) is 0 Å². The second-order valence-corrected chi connectivity index (χ2v) is 8.99. The SMILES string of the molecule is CCCCOc1ccc(/C(O)=C2\C(=O)C(=O)N(Cc3cccnc3)C2c2cccc(Br)c2)cc1. The summed E-state index contributed by atoms with van der Waals surface area (Å²) < 4.78 is 6.50. The molecule has 0 aliphatic carbocycles. The number of aliphatic hydroxyl groups excluding tert-OH is 1. The zero-order valence-electron chi connectivity index (χ0n) is 18.8. The highest BCUT2D eigenvalue weighted by Gasteiger charge is 2.46. The lowest BCUT2D eigenvalue weighted by Gasteiger charge is -2.25. The van der Waals surface area contributed by atoms with Crippen molar-refractivity contribution in [3.05, 3.63) is 99.8 Å². The molecule has 1 unspecified atom stereocenters. The summed E-state index contributed by atoms with van der Waals surface area (Å²) in [7, 11) is 0. The first-order chi connectivity index (χ1) is 16.5. The number of ether oxygens (including phenoxy) is 1. The van der Waals surface area contributed by atoms with E-state index >= 15 is 0 Å². The van der Waals surface area contributed by atoms with Gasteiger partial charge in [0.2, 0.25) is 0 Å². The highest BCUT2D eigenvalue weighted by Crippen LogP contribution is 2.41. The Bertz CT molecular complexity index is 1210.